The van der Waals surface area contributed by atoms with Crippen molar-refractivity contribution in [2.24, 2.45) is 5.92 Å². The maximum Gasteiger partial charge on any atom is 0.254 e. The lowest BCUT2D eigenvalue weighted by Gasteiger charge is -2.52. The zero-order valence-corrected chi connectivity index (χ0v) is 17.0. The maximum atomic E-state index is 12.3. The summed E-state index contributed by atoms with van der Waals surface area (Å²) in [7, 11) is 3.28. The van der Waals surface area contributed by atoms with Crippen molar-refractivity contribution in [2.45, 2.75) is 57.8 Å². The van der Waals surface area contributed by atoms with Crippen molar-refractivity contribution < 1.29 is 13.9 Å². The molecule has 2 aliphatic carbocycles. The van der Waals surface area contributed by atoms with Crippen LogP contribution in [0.1, 0.15) is 66.0 Å². The Morgan fingerprint density at radius 1 is 1.33 bits per heavy atom. The molecular weight excluding hydrogens is 340 g/mol. The lowest BCUT2D eigenvalue weighted by Crippen LogP contribution is -2.51. The van der Waals surface area contributed by atoms with Crippen molar-refractivity contribution >= 4 is 5.91 Å². The summed E-state index contributed by atoms with van der Waals surface area (Å²) < 4.78 is 11.6. The van der Waals surface area contributed by atoms with Gasteiger partial charge >= 0.3 is 0 Å². The van der Waals surface area contributed by atoms with E-state index in [2.05, 4.69) is 32.2 Å². The molecule has 0 unspecified atom stereocenters. The van der Waals surface area contributed by atoms with E-state index < -0.39 is 0 Å². The van der Waals surface area contributed by atoms with Gasteiger partial charge in [-0.15, -0.1) is 0 Å². The molecule has 0 saturated carbocycles. The van der Waals surface area contributed by atoms with E-state index in [4.69, 9.17) is 14.1 Å². The molecule has 1 heterocycles. The minimum absolute atomic E-state index is 0.0676. The van der Waals surface area contributed by atoms with Gasteiger partial charge in [-0.25, -0.2) is 4.98 Å². The summed E-state index contributed by atoms with van der Waals surface area (Å²) in [6.07, 6.45) is 2.87. The number of rotatable bonds is 2. The van der Waals surface area contributed by atoms with Gasteiger partial charge in [0.1, 0.15) is 11.5 Å². The summed E-state index contributed by atoms with van der Waals surface area (Å²) in [6.45, 7) is 8.82. The summed E-state index contributed by atoms with van der Waals surface area (Å²) in [5, 5.41) is 2.72. The Balaban J connectivity index is 1.91. The van der Waals surface area contributed by atoms with Crippen LogP contribution >= 0.6 is 0 Å². The number of ether oxygens (including phenoxy) is 1. The van der Waals surface area contributed by atoms with E-state index in [-0.39, 0.29) is 16.7 Å². The number of amides is 1. The SMILES string of the molecule is CNC(=O)c1cc2c(cc1OC)[C@@]1(C)Cc3nc(C)oc3C(C)(C)[C@@H]1CC2. The number of carbonyl (C=O) groups is 1. The largest absolute Gasteiger partial charge is 0.496 e. The van der Waals surface area contributed by atoms with Crippen LogP contribution in [0.3, 0.4) is 0 Å². The highest BCUT2D eigenvalue weighted by Gasteiger charge is 2.54. The van der Waals surface area contributed by atoms with E-state index in [1.165, 1.54) is 11.1 Å². The van der Waals surface area contributed by atoms with Gasteiger partial charge in [0.15, 0.2) is 5.89 Å². The molecule has 0 aliphatic heterocycles. The molecule has 1 amide bonds. The molecule has 2 atom stereocenters. The highest BCUT2D eigenvalue weighted by Crippen LogP contribution is 2.56. The number of oxazole rings is 1. The lowest BCUT2D eigenvalue weighted by molar-refractivity contribution is 0.0958. The molecule has 0 spiro atoms. The summed E-state index contributed by atoms with van der Waals surface area (Å²) in [4.78, 5) is 17.0. The normalized spacial score (nSPS) is 25.2. The molecule has 2 aliphatic rings. The molecule has 0 radical (unpaired) electrons. The van der Waals surface area contributed by atoms with Crippen LogP contribution in [0.15, 0.2) is 16.5 Å². The Hall–Kier alpha value is -2.30. The Bertz CT molecular complexity index is 928. The third-order valence-corrected chi connectivity index (χ3v) is 6.78. The van der Waals surface area contributed by atoms with Crippen molar-refractivity contribution in [3.63, 3.8) is 0 Å². The lowest BCUT2D eigenvalue weighted by atomic mass is 9.51. The van der Waals surface area contributed by atoms with E-state index in [1.807, 2.05) is 13.0 Å². The molecule has 5 nitrogen and oxygen atoms in total. The Morgan fingerprint density at radius 2 is 2.07 bits per heavy atom. The maximum absolute atomic E-state index is 12.3. The first-order chi connectivity index (χ1) is 12.7. The number of methoxy groups -OCH3 is 1. The minimum Gasteiger partial charge on any atom is -0.496 e. The van der Waals surface area contributed by atoms with Crippen LogP contribution in [0, 0.1) is 12.8 Å². The highest BCUT2D eigenvalue weighted by atomic mass is 16.5. The smallest absolute Gasteiger partial charge is 0.254 e. The first kappa shape index (κ1) is 18.1. The second-order valence-corrected chi connectivity index (χ2v) is 8.70. The zero-order chi connectivity index (χ0) is 19.6. The molecular formula is C22H28N2O3. The van der Waals surface area contributed by atoms with Gasteiger partial charge in [-0.05, 0) is 42.0 Å². The van der Waals surface area contributed by atoms with Gasteiger partial charge in [-0.3, -0.25) is 4.79 Å². The molecule has 1 N–H and O–H groups in total. The number of hydrogen-bond acceptors (Lipinski definition) is 4. The van der Waals surface area contributed by atoms with Crippen LogP contribution in [0.4, 0.5) is 0 Å². The number of benzene rings is 1. The van der Waals surface area contributed by atoms with Crippen LogP contribution < -0.4 is 10.1 Å². The third kappa shape index (κ3) is 2.43. The van der Waals surface area contributed by atoms with Crippen molar-refractivity contribution in [2.75, 3.05) is 14.2 Å². The monoisotopic (exact) mass is 368 g/mol. The van der Waals surface area contributed by atoms with Crippen LogP contribution in [-0.4, -0.2) is 25.0 Å². The van der Waals surface area contributed by atoms with Crippen molar-refractivity contribution in [1.29, 1.82) is 0 Å². The quantitative estimate of drug-likeness (QED) is 0.878. The zero-order valence-electron chi connectivity index (χ0n) is 17.0. The number of nitrogens with zero attached hydrogens (tertiary/aromatic N) is 1. The number of hydrogen-bond donors (Lipinski definition) is 1. The van der Waals surface area contributed by atoms with Crippen LogP contribution in [0.5, 0.6) is 5.75 Å². The summed E-state index contributed by atoms with van der Waals surface area (Å²) >= 11 is 0. The number of aromatic nitrogens is 1. The number of carbonyl (C=O) groups excluding carboxylic acids is 1. The average molecular weight is 368 g/mol. The molecule has 1 aromatic carbocycles. The molecule has 0 saturated heterocycles. The third-order valence-electron chi connectivity index (χ3n) is 6.78. The summed E-state index contributed by atoms with van der Waals surface area (Å²) in [5.74, 6) is 2.74. The predicted octanol–water partition coefficient (Wildman–Crippen LogP) is 3.71. The summed E-state index contributed by atoms with van der Waals surface area (Å²) in [5.41, 5.74) is 4.04. The van der Waals surface area contributed by atoms with Crippen LogP contribution in [0.2, 0.25) is 0 Å². The molecule has 0 bridgehead atoms. The first-order valence-corrected chi connectivity index (χ1v) is 9.62. The van der Waals surface area contributed by atoms with Gasteiger partial charge < -0.3 is 14.5 Å². The molecule has 1 aromatic heterocycles. The van der Waals surface area contributed by atoms with Crippen LogP contribution in [0.25, 0.3) is 0 Å². The van der Waals surface area contributed by atoms with Crippen molar-refractivity contribution in [1.82, 2.24) is 10.3 Å². The van der Waals surface area contributed by atoms with E-state index in [1.54, 1.807) is 14.2 Å². The fourth-order valence-corrected chi connectivity index (χ4v) is 5.63. The summed E-state index contributed by atoms with van der Waals surface area (Å²) in [6, 6.07) is 4.10. The molecule has 4 rings (SSSR count). The predicted molar refractivity (Wildman–Crippen MR) is 104 cm³/mol. The molecule has 2 aromatic rings. The standard InChI is InChI=1S/C22H28N2O3/c1-12-24-16-11-22(4)15-10-17(26-6)14(20(25)23-5)9-13(15)7-8-18(22)21(2,3)19(16)27-12/h9-10,18H,7-8,11H2,1-6H3,(H,23,25)/t18-,22+/m0/s1. The highest BCUT2D eigenvalue weighted by molar-refractivity contribution is 5.97. The second-order valence-electron chi connectivity index (χ2n) is 8.70. The van der Waals surface area contributed by atoms with E-state index in [0.29, 0.717) is 17.2 Å². The second kappa shape index (κ2) is 5.85. The van der Waals surface area contributed by atoms with Gasteiger partial charge in [0.25, 0.3) is 5.91 Å². The fourth-order valence-electron chi connectivity index (χ4n) is 5.63. The first-order valence-electron chi connectivity index (χ1n) is 9.62. The van der Waals surface area contributed by atoms with Crippen LogP contribution in [-0.2, 0) is 23.7 Å². The van der Waals surface area contributed by atoms with Crippen molar-refractivity contribution in [3.05, 3.63) is 46.2 Å². The number of nitrogens with one attached hydrogen (secondary N) is 1. The van der Waals surface area contributed by atoms with Gasteiger partial charge in [-0.2, -0.15) is 0 Å². The van der Waals surface area contributed by atoms with E-state index in [0.717, 1.165) is 36.6 Å². The van der Waals surface area contributed by atoms with E-state index in [9.17, 15) is 4.79 Å². The molecule has 144 valence electrons. The Labute approximate surface area is 160 Å². The van der Waals surface area contributed by atoms with Crippen molar-refractivity contribution in [3.8, 4) is 5.75 Å². The van der Waals surface area contributed by atoms with E-state index >= 15 is 0 Å². The number of fused-ring (bicyclic) bond motifs is 4. The molecule has 5 heteroatoms. The average Bonchev–Trinajstić information content (AvgIpc) is 3.00. The fraction of sp³-hybridized carbons (Fsp3) is 0.545. The van der Waals surface area contributed by atoms with Gasteiger partial charge in [0.2, 0.25) is 0 Å². The molecule has 0 fully saturated rings. The topological polar surface area (TPSA) is 64.4 Å². The van der Waals surface area contributed by atoms with Gasteiger partial charge in [0.05, 0.1) is 18.4 Å². The Kier molecular flexibility index (Phi) is 3.92. The molecule has 27 heavy (non-hydrogen) atoms. The Morgan fingerprint density at radius 3 is 2.74 bits per heavy atom. The van der Waals surface area contributed by atoms with Gasteiger partial charge in [-0.1, -0.05) is 20.8 Å². The number of aryl methyl sites for hydroxylation is 2. The minimum atomic E-state index is -0.111. The van der Waals surface area contributed by atoms with Gasteiger partial charge in [0, 0.05) is 31.2 Å².